The topological polar surface area (TPSA) is 106 Å². The third-order valence-corrected chi connectivity index (χ3v) is 4.23. The first-order valence-corrected chi connectivity index (χ1v) is 9.00. The van der Waals surface area contributed by atoms with Crippen molar-refractivity contribution in [3.05, 3.63) is 64.7 Å². The van der Waals surface area contributed by atoms with Crippen LogP contribution in [0.2, 0.25) is 0 Å². The van der Waals surface area contributed by atoms with Gasteiger partial charge in [0, 0.05) is 5.56 Å². The molecule has 3 N–H and O–H groups in total. The second-order valence-electron chi connectivity index (χ2n) is 6.01. The molecule has 0 bridgehead atoms. The molecule has 0 aliphatic carbocycles. The third kappa shape index (κ3) is 6.28. The lowest BCUT2D eigenvalue weighted by molar-refractivity contribution is -0.123. The molecule has 2 amide bonds. The molecule has 152 valence electrons. The summed E-state index contributed by atoms with van der Waals surface area (Å²) < 4.78 is 10.1. The first kappa shape index (κ1) is 21.8. The molecule has 2 aromatic rings. The summed E-state index contributed by atoms with van der Waals surface area (Å²) in [6.07, 6.45) is 0. The molecular formula is C20H21N3O5S. The van der Waals surface area contributed by atoms with E-state index in [1.807, 2.05) is 26.0 Å². The molecule has 0 unspecified atom stereocenters. The van der Waals surface area contributed by atoms with Gasteiger partial charge in [-0.15, -0.1) is 0 Å². The number of hydrogen-bond acceptors (Lipinski definition) is 6. The van der Waals surface area contributed by atoms with Crippen LogP contribution in [0, 0.1) is 13.8 Å². The number of carbonyl (C=O) groups is 3. The van der Waals surface area contributed by atoms with Crippen LogP contribution >= 0.6 is 12.2 Å². The molecule has 0 radical (unpaired) electrons. The van der Waals surface area contributed by atoms with Crippen LogP contribution in [0.4, 0.5) is 0 Å². The molecule has 0 spiro atoms. The predicted molar refractivity (Wildman–Crippen MR) is 111 cm³/mol. The van der Waals surface area contributed by atoms with E-state index in [0.29, 0.717) is 11.3 Å². The van der Waals surface area contributed by atoms with Crippen LogP contribution in [-0.2, 0) is 9.53 Å². The van der Waals surface area contributed by atoms with E-state index < -0.39 is 17.8 Å². The van der Waals surface area contributed by atoms with Crippen molar-refractivity contribution in [2.75, 3.05) is 13.7 Å². The second kappa shape index (κ2) is 10.2. The van der Waals surface area contributed by atoms with Gasteiger partial charge in [-0.3, -0.25) is 25.8 Å². The van der Waals surface area contributed by atoms with Gasteiger partial charge in [0.25, 0.3) is 11.8 Å². The first-order chi connectivity index (χ1) is 13.8. The Morgan fingerprint density at radius 1 is 0.966 bits per heavy atom. The average Bonchev–Trinajstić information content (AvgIpc) is 2.72. The van der Waals surface area contributed by atoms with Gasteiger partial charge >= 0.3 is 5.97 Å². The highest BCUT2D eigenvalue weighted by Crippen LogP contribution is 2.20. The van der Waals surface area contributed by atoms with E-state index in [1.54, 1.807) is 6.07 Å². The Morgan fingerprint density at radius 3 is 2.28 bits per heavy atom. The Kier molecular flexibility index (Phi) is 7.67. The van der Waals surface area contributed by atoms with E-state index in [1.165, 1.54) is 31.4 Å². The lowest BCUT2D eigenvalue weighted by Crippen LogP contribution is -2.49. The van der Waals surface area contributed by atoms with Gasteiger partial charge in [0.15, 0.2) is 11.7 Å². The highest BCUT2D eigenvalue weighted by atomic mass is 32.1. The van der Waals surface area contributed by atoms with Crippen LogP contribution in [0.15, 0.2) is 42.5 Å². The van der Waals surface area contributed by atoms with E-state index in [-0.39, 0.29) is 17.3 Å². The van der Waals surface area contributed by atoms with Crippen molar-refractivity contribution in [3.63, 3.8) is 0 Å². The number of hydrogen-bond donors (Lipinski definition) is 3. The highest BCUT2D eigenvalue weighted by molar-refractivity contribution is 7.80. The quantitative estimate of drug-likeness (QED) is 0.388. The van der Waals surface area contributed by atoms with Gasteiger partial charge in [-0.05, 0) is 67.5 Å². The van der Waals surface area contributed by atoms with E-state index in [9.17, 15) is 14.4 Å². The summed E-state index contributed by atoms with van der Waals surface area (Å²) in [4.78, 5) is 35.4. The molecule has 29 heavy (non-hydrogen) atoms. The Bertz CT molecular complexity index is 928. The molecule has 0 fully saturated rings. The number of ether oxygens (including phenoxy) is 2. The van der Waals surface area contributed by atoms with E-state index in [4.69, 9.17) is 17.0 Å². The summed E-state index contributed by atoms with van der Waals surface area (Å²) in [5.41, 5.74) is 7.39. The van der Waals surface area contributed by atoms with Crippen molar-refractivity contribution in [1.29, 1.82) is 0 Å². The molecular weight excluding hydrogens is 394 g/mol. The molecule has 2 aromatic carbocycles. The van der Waals surface area contributed by atoms with Crippen LogP contribution in [0.1, 0.15) is 31.8 Å². The molecule has 0 aromatic heterocycles. The Morgan fingerprint density at radius 2 is 1.62 bits per heavy atom. The SMILES string of the molecule is COC(=O)c1ccc(C(=O)NC(=S)NNC(=O)COc2cccc(C)c2C)cc1. The number of benzene rings is 2. The van der Waals surface area contributed by atoms with E-state index in [0.717, 1.165) is 11.1 Å². The fraction of sp³-hybridized carbons (Fsp3) is 0.200. The monoisotopic (exact) mass is 415 g/mol. The van der Waals surface area contributed by atoms with Gasteiger partial charge < -0.3 is 9.47 Å². The Balaban J connectivity index is 1.78. The van der Waals surface area contributed by atoms with Gasteiger partial charge in [-0.2, -0.15) is 0 Å². The molecule has 2 rings (SSSR count). The summed E-state index contributed by atoms with van der Waals surface area (Å²) in [6, 6.07) is 11.4. The smallest absolute Gasteiger partial charge is 0.337 e. The largest absolute Gasteiger partial charge is 0.483 e. The van der Waals surface area contributed by atoms with Crippen LogP contribution in [-0.4, -0.2) is 36.6 Å². The second-order valence-corrected chi connectivity index (χ2v) is 6.42. The van der Waals surface area contributed by atoms with Crippen LogP contribution in [0.5, 0.6) is 5.75 Å². The molecule has 0 heterocycles. The first-order valence-electron chi connectivity index (χ1n) is 8.59. The zero-order valence-electron chi connectivity index (χ0n) is 16.2. The number of nitrogens with one attached hydrogen (secondary N) is 3. The maximum Gasteiger partial charge on any atom is 0.337 e. The average molecular weight is 415 g/mol. The molecule has 8 nitrogen and oxygen atoms in total. The number of carbonyl (C=O) groups excluding carboxylic acids is 3. The summed E-state index contributed by atoms with van der Waals surface area (Å²) in [7, 11) is 1.27. The van der Waals surface area contributed by atoms with Gasteiger partial charge in [-0.1, -0.05) is 12.1 Å². The maximum absolute atomic E-state index is 12.1. The fourth-order valence-corrected chi connectivity index (χ4v) is 2.41. The molecule has 9 heteroatoms. The summed E-state index contributed by atoms with van der Waals surface area (Å²) in [6.45, 7) is 3.64. The van der Waals surface area contributed by atoms with Crippen molar-refractivity contribution in [2.45, 2.75) is 13.8 Å². The molecule has 0 saturated heterocycles. The van der Waals surface area contributed by atoms with Crippen molar-refractivity contribution >= 4 is 35.1 Å². The molecule has 0 aliphatic rings. The van der Waals surface area contributed by atoms with Gasteiger partial charge in [0.2, 0.25) is 0 Å². The number of methoxy groups -OCH3 is 1. The lowest BCUT2D eigenvalue weighted by Gasteiger charge is -2.13. The molecule has 0 atom stereocenters. The minimum absolute atomic E-state index is 0.0906. The number of amides is 2. The fourth-order valence-electron chi connectivity index (χ4n) is 2.27. The standard InChI is InChI=1S/C20H21N3O5S/c1-12-5-4-6-16(13(12)2)28-11-17(24)22-23-20(29)21-18(25)14-7-9-15(10-8-14)19(26)27-3/h4-10H,11H2,1-3H3,(H,22,24)(H2,21,23,25,29). The van der Waals surface area contributed by atoms with Crippen LogP contribution in [0.25, 0.3) is 0 Å². The number of aryl methyl sites for hydroxylation is 1. The Hall–Kier alpha value is -3.46. The molecule has 0 aliphatic heterocycles. The van der Waals surface area contributed by atoms with E-state index in [2.05, 4.69) is 20.9 Å². The van der Waals surface area contributed by atoms with Crippen LogP contribution in [0.3, 0.4) is 0 Å². The van der Waals surface area contributed by atoms with Crippen molar-refractivity contribution < 1.29 is 23.9 Å². The number of hydrazine groups is 1. The normalized spacial score (nSPS) is 9.90. The lowest BCUT2D eigenvalue weighted by atomic mass is 10.1. The zero-order chi connectivity index (χ0) is 21.4. The molecule has 0 saturated carbocycles. The third-order valence-electron chi connectivity index (χ3n) is 4.02. The minimum atomic E-state index is -0.500. The summed E-state index contributed by atoms with van der Waals surface area (Å²) in [5, 5.41) is 2.32. The number of esters is 1. The van der Waals surface area contributed by atoms with Crippen molar-refractivity contribution in [1.82, 2.24) is 16.2 Å². The minimum Gasteiger partial charge on any atom is -0.483 e. The summed E-state index contributed by atoms with van der Waals surface area (Å²) >= 11 is 4.98. The van der Waals surface area contributed by atoms with Crippen LogP contribution < -0.4 is 20.9 Å². The van der Waals surface area contributed by atoms with Gasteiger partial charge in [0.1, 0.15) is 5.75 Å². The van der Waals surface area contributed by atoms with Gasteiger partial charge in [-0.25, -0.2) is 4.79 Å². The van der Waals surface area contributed by atoms with Crippen molar-refractivity contribution in [2.24, 2.45) is 0 Å². The highest BCUT2D eigenvalue weighted by Gasteiger charge is 2.11. The predicted octanol–water partition coefficient (Wildman–Crippen LogP) is 1.80. The Labute approximate surface area is 173 Å². The summed E-state index contributed by atoms with van der Waals surface area (Å²) in [5.74, 6) is -0.851. The van der Waals surface area contributed by atoms with E-state index >= 15 is 0 Å². The van der Waals surface area contributed by atoms with Crippen molar-refractivity contribution in [3.8, 4) is 5.75 Å². The maximum atomic E-state index is 12.1. The zero-order valence-corrected chi connectivity index (χ0v) is 17.0. The van der Waals surface area contributed by atoms with Gasteiger partial charge in [0.05, 0.1) is 12.7 Å². The number of thiocarbonyl (C=S) groups is 1. The number of rotatable bonds is 5.